The minimum Gasteiger partial charge on any atom is -0.465 e. The number of aryl methyl sites for hydroxylation is 1. The van der Waals surface area contributed by atoms with Gasteiger partial charge in [-0.1, -0.05) is 0 Å². The minimum absolute atomic E-state index is 0.396. The highest BCUT2D eigenvalue weighted by Crippen LogP contribution is 2.13. The van der Waals surface area contributed by atoms with Gasteiger partial charge in [0.15, 0.2) is 0 Å². The Labute approximate surface area is 87.3 Å². The van der Waals surface area contributed by atoms with Gasteiger partial charge in [-0.25, -0.2) is 4.79 Å². The maximum Gasteiger partial charge on any atom is 0.407 e. The smallest absolute Gasteiger partial charge is 0.407 e. The van der Waals surface area contributed by atoms with Gasteiger partial charge in [-0.3, -0.25) is 4.68 Å². The quantitative estimate of drug-likeness (QED) is 0.694. The number of amides is 1. The van der Waals surface area contributed by atoms with Crippen LogP contribution in [0.25, 0.3) is 0 Å². The monoisotopic (exact) mass is 210 g/mol. The van der Waals surface area contributed by atoms with Crippen molar-refractivity contribution in [2.24, 2.45) is 5.73 Å². The number of hydrogen-bond acceptors (Lipinski definition) is 3. The molecule has 1 aromatic heterocycles. The third-order valence-corrected chi connectivity index (χ3v) is 2.54. The SMILES string of the molecule is NCc1cc2n(n1)CCCN(C(=O)O)C2. The first-order chi connectivity index (χ1) is 7.20. The first-order valence-electron chi connectivity index (χ1n) is 4.94. The van der Waals surface area contributed by atoms with E-state index in [9.17, 15) is 4.79 Å². The fourth-order valence-electron chi connectivity index (χ4n) is 1.78. The van der Waals surface area contributed by atoms with Gasteiger partial charge in [-0.2, -0.15) is 5.10 Å². The molecular formula is C9H14N4O2. The molecule has 0 spiro atoms. The van der Waals surface area contributed by atoms with Crippen LogP contribution in [0.5, 0.6) is 0 Å². The van der Waals surface area contributed by atoms with Crippen molar-refractivity contribution in [1.82, 2.24) is 14.7 Å². The highest BCUT2D eigenvalue weighted by atomic mass is 16.4. The molecule has 6 heteroatoms. The number of fused-ring (bicyclic) bond motifs is 1. The highest BCUT2D eigenvalue weighted by Gasteiger charge is 2.19. The zero-order valence-corrected chi connectivity index (χ0v) is 8.39. The normalized spacial score (nSPS) is 15.9. The molecule has 6 nitrogen and oxygen atoms in total. The molecule has 0 radical (unpaired) electrons. The summed E-state index contributed by atoms with van der Waals surface area (Å²) >= 11 is 0. The van der Waals surface area contributed by atoms with Gasteiger partial charge in [-0.15, -0.1) is 0 Å². The molecule has 3 N–H and O–H groups in total. The number of carboxylic acid groups (broad SMARTS) is 1. The van der Waals surface area contributed by atoms with E-state index in [0.29, 0.717) is 19.6 Å². The molecule has 2 rings (SSSR count). The number of rotatable bonds is 1. The average molecular weight is 210 g/mol. The zero-order valence-electron chi connectivity index (χ0n) is 8.39. The van der Waals surface area contributed by atoms with Crippen molar-refractivity contribution in [3.05, 3.63) is 17.5 Å². The summed E-state index contributed by atoms with van der Waals surface area (Å²) in [7, 11) is 0. The van der Waals surface area contributed by atoms with Gasteiger partial charge < -0.3 is 15.7 Å². The Bertz CT molecular complexity index is 374. The Hall–Kier alpha value is -1.56. The Morgan fingerprint density at radius 1 is 1.60 bits per heavy atom. The van der Waals surface area contributed by atoms with E-state index in [-0.39, 0.29) is 0 Å². The van der Waals surface area contributed by atoms with Crippen LogP contribution in [0.2, 0.25) is 0 Å². The number of carbonyl (C=O) groups is 1. The van der Waals surface area contributed by atoms with E-state index in [2.05, 4.69) is 5.10 Å². The summed E-state index contributed by atoms with van der Waals surface area (Å²) in [5.74, 6) is 0. The van der Waals surface area contributed by atoms with Crippen molar-refractivity contribution in [2.75, 3.05) is 6.54 Å². The summed E-state index contributed by atoms with van der Waals surface area (Å²) in [5.41, 5.74) is 7.23. The van der Waals surface area contributed by atoms with Gasteiger partial charge in [0.1, 0.15) is 0 Å². The lowest BCUT2D eigenvalue weighted by molar-refractivity contribution is 0.143. The number of nitrogens with two attached hydrogens (primary N) is 1. The average Bonchev–Trinajstić information content (AvgIpc) is 2.49. The molecule has 0 aromatic carbocycles. The number of hydrogen-bond donors (Lipinski definition) is 2. The van der Waals surface area contributed by atoms with Crippen LogP contribution in [0.4, 0.5) is 4.79 Å². The van der Waals surface area contributed by atoms with Crippen LogP contribution < -0.4 is 5.73 Å². The zero-order chi connectivity index (χ0) is 10.8. The Kier molecular flexibility index (Phi) is 2.59. The van der Waals surface area contributed by atoms with E-state index >= 15 is 0 Å². The first kappa shape index (κ1) is 9.97. The van der Waals surface area contributed by atoms with Crippen LogP contribution in [0.15, 0.2) is 6.07 Å². The molecule has 0 aliphatic carbocycles. The second kappa shape index (κ2) is 3.90. The van der Waals surface area contributed by atoms with E-state index in [4.69, 9.17) is 10.8 Å². The van der Waals surface area contributed by atoms with Gasteiger partial charge in [0.2, 0.25) is 0 Å². The Morgan fingerprint density at radius 3 is 3.07 bits per heavy atom. The van der Waals surface area contributed by atoms with Crippen molar-refractivity contribution in [3.8, 4) is 0 Å². The second-order valence-electron chi connectivity index (χ2n) is 3.61. The van der Waals surface area contributed by atoms with Gasteiger partial charge in [0.05, 0.1) is 17.9 Å². The topological polar surface area (TPSA) is 84.4 Å². The molecular weight excluding hydrogens is 196 g/mol. The summed E-state index contributed by atoms with van der Waals surface area (Å²) in [6.07, 6.45) is -0.0794. The van der Waals surface area contributed by atoms with Crippen LogP contribution in [0, 0.1) is 0 Å². The van der Waals surface area contributed by atoms with Crippen LogP contribution >= 0.6 is 0 Å². The number of aromatic nitrogens is 2. The van der Waals surface area contributed by atoms with Gasteiger partial charge in [0, 0.05) is 19.6 Å². The minimum atomic E-state index is -0.876. The van der Waals surface area contributed by atoms with Crippen LogP contribution in [-0.2, 0) is 19.6 Å². The third-order valence-electron chi connectivity index (χ3n) is 2.54. The molecule has 1 amide bonds. The first-order valence-corrected chi connectivity index (χ1v) is 4.94. The predicted molar refractivity (Wildman–Crippen MR) is 53.2 cm³/mol. The maximum absolute atomic E-state index is 10.9. The third kappa shape index (κ3) is 1.94. The maximum atomic E-state index is 10.9. The van der Waals surface area contributed by atoms with Crippen molar-refractivity contribution < 1.29 is 9.90 Å². The molecule has 0 unspecified atom stereocenters. The van der Waals surface area contributed by atoms with Gasteiger partial charge in [0.25, 0.3) is 0 Å². The summed E-state index contributed by atoms with van der Waals surface area (Å²) in [6.45, 7) is 2.13. The van der Waals surface area contributed by atoms with Crippen LogP contribution in [0.1, 0.15) is 17.8 Å². The molecule has 0 bridgehead atoms. The molecule has 0 saturated heterocycles. The van der Waals surface area contributed by atoms with E-state index in [1.54, 1.807) is 0 Å². The lowest BCUT2D eigenvalue weighted by Crippen LogP contribution is -2.28. The standard InChI is InChI=1S/C9H14N4O2/c10-5-7-4-8-6-12(9(14)15)2-1-3-13(8)11-7/h4H,1-3,5-6,10H2,(H,14,15). The molecule has 82 valence electrons. The predicted octanol–water partition coefficient (Wildman–Crippen LogP) is 0.225. The van der Waals surface area contributed by atoms with Crippen molar-refractivity contribution in [3.63, 3.8) is 0 Å². The van der Waals surface area contributed by atoms with Crippen LogP contribution in [-0.4, -0.2) is 32.4 Å². The summed E-state index contributed by atoms with van der Waals surface area (Å²) < 4.78 is 1.85. The lowest BCUT2D eigenvalue weighted by atomic mass is 10.3. The molecule has 1 aliphatic heterocycles. The molecule has 15 heavy (non-hydrogen) atoms. The van der Waals surface area contributed by atoms with Crippen molar-refractivity contribution in [2.45, 2.75) is 26.1 Å². The Balaban J connectivity index is 2.23. The summed E-state index contributed by atoms with van der Waals surface area (Å²) in [5, 5.41) is 13.2. The lowest BCUT2D eigenvalue weighted by Gasteiger charge is -2.14. The van der Waals surface area contributed by atoms with E-state index in [1.165, 1.54) is 4.90 Å². The molecule has 0 atom stereocenters. The van der Waals surface area contributed by atoms with E-state index in [1.807, 2.05) is 10.7 Å². The summed E-state index contributed by atoms with van der Waals surface area (Å²) in [6, 6.07) is 1.88. The van der Waals surface area contributed by atoms with Gasteiger partial charge >= 0.3 is 6.09 Å². The van der Waals surface area contributed by atoms with E-state index < -0.39 is 6.09 Å². The molecule has 2 heterocycles. The fraction of sp³-hybridized carbons (Fsp3) is 0.556. The van der Waals surface area contributed by atoms with Gasteiger partial charge in [-0.05, 0) is 12.5 Å². The number of nitrogens with zero attached hydrogens (tertiary/aromatic N) is 3. The molecule has 1 aliphatic rings. The molecule has 0 fully saturated rings. The van der Waals surface area contributed by atoms with Crippen LogP contribution in [0.3, 0.4) is 0 Å². The van der Waals surface area contributed by atoms with E-state index in [0.717, 1.165) is 24.4 Å². The largest absolute Gasteiger partial charge is 0.465 e. The summed E-state index contributed by atoms with van der Waals surface area (Å²) in [4.78, 5) is 12.3. The second-order valence-corrected chi connectivity index (χ2v) is 3.61. The molecule has 1 aromatic rings. The van der Waals surface area contributed by atoms with Crippen molar-refractivity contribution in [1.29, 1.82) is 0 Å². The fourth-order valence-corrected chi connectivity index (χ4v) is 1.78. The highest BCUT2D eigenvalue weighted by molar-refractivity contribution is 5.64. The Morgan fingerprint density at radius 2 is 2.40 bits per heavy atom. The van der Waals surface area contributed by atoms with Crippen molar-refractivity contribution >= 4 is 6.09 Å². The molecule has 0 saturated carbocycles.